The smallest absolute Gasteiger partial charge is 0.239 e. The van der Waals surface area contributed by atoms with Crippen molar-refractivity contribution in [2.24, 2.45) is 11.8 Å². The third-order valence-corrected chi connectivity index (χ3v) is 4.89. The Bertz CT molecular complexity index is 279. The minimum absolute atomic E-state index is 0.0631. The Labute approximate surface area is 105 Å². The molecule has 2 aliphatic rings. The van der Waals surface area contributed by atoms with E-state index in [2.05, 4.69) is 24.1 Å². The highest BCUT2D eigenvalue weighted by molar-refractivity contribution is 5.82. The lowest BCUT2D eigenvalue weighted by Gasteiger charge is -2.44. The molecular weight excluding hydrogens is 212 g/mol. The fourth-order valence-corrected chi connectivity index (χ4v) is 3.49. The summed E-state index contributed by atoms with van der Waals surface area (Å²) in [6.07, 6.45) is 5.96. The third-order valence-electron chi connectivity index (χ3n) is 4.89. The summed E-state index contributed by atoms with van der Waals surface area (Å²) in [5.41, 5.74) is 0. The van der Waals surface area contributed by atoms with Gasteiger partial charge in [-0.05, 0) is 38.1 Å². The van der Waals surface area contributed by atoms with Gasteiger partial charge in [0.2, 0.25) is 5.91 Å². The van der Waals surface area contributed by atoms with E-state index in [1.54, 1.807) is 0 Å². The van der Waals surface area contributed by atoms with Crippen LogP contribution in [-0.2, 0) is 4.79 Å². The van der Waals surface area contributed by atoms with Crippen LogP contribution in [0.4, 0.5) is 0 Å². The molecule has 1 N–H and O–H groups in total. The van der Waals surface area contributed by atoms with Crippen LogP contribution in [0, 0.1) is 11.8 Å². The number of piperidine rings is 1. The highest BCUT2D eigenvalue weighted by atomic mass is 16.2. The van der Waals surface area contributed by atoms with Crippen molar-refractivity contribution in [1.29, 1.82) is 0 Å². The minimum Gasteiger partial charge on any atom is -0.338 e. The van der Waals surface area contributed by atoms with Crippen LogP contribution in [0.25, 0.3) is 0 Å². The van der Waals surface area contributed by atoms with E-state index in [4.69, 9.17) is 0 Å². The van der Waals surface area contributed by atoms with Gasteiger partial charge in [-0.25, -0.2) is 0 Å². The van der Waals surface area contributed by atoms with Gasteiger partial charge in [-0.3, -0.25) is 4.79 Å². The summed E-state index contributed by atoms with van der Waals surface area (Å²) in [5, 5.41) is 3.16. The Morgan fingerprint density at radius 2 is 1.94 bits per heavy atom. The van der Waals surface area contributed by atoms with Gasteiger partial charge in [0.1, 0.15) is 0 Å². The van der Waals surface area contributed by atoms with Crippen LogP contribution < -0.4 is 5.32 Å². The van der Waals surface area contributed by atoms with Gasteiger partial charge >= 0.3 is 0 Å². The number of nitrogens with zero attached hydrogens (tertiary/aromatic N) is 1. The molecule has 4 unspecified atom stereocenters. The average molecular weight is 238 g/mol. The predicted molar refractivity (Wildman–Crippen MR) is 69.8 cm³/mol. The highest BCUT2D eigenvalue weighted by Gasteiger charge is 2.37. The lowest BCUT2D eigenvalue weighted by atomic mass is 9.76. The molecule has 0 aromatic heterocycles. The Balaban J connectivity index is 2.07. The second kappa shape index (κ2) is 5.38. The zero-order valence-corrected chi connectivity index (χ0v) is 11.4. The summed E-state index contributed by atoms with van der Waals surface area (Å²) in [6.45, 7) is 5.63. The molecule has 0 aromatic carbocycles. The molecule has 0 radical (unpaired) electrons. The molecule has 4 atom stereocenters. The molecule has 3 nitrogen and oxygen atoms in total. The van der Waals surface area contributed by atoms with Crippen LogP contribution in [0.15, 0.2) is 0 Å². The number of nitrogens with one attached hydrogen (secondary N) is 1. The van der Waals surface area contributed by atoms with Crippen molar-refractivity contribution in [1.82, 2.24) is 10.2 Å². The first-order valence-electron chi connectivity index (χ1n) is 7.13. The van der Waals surface area contributed by atoms with E-state index in [0.29, 0.717) is 17.9 Å². The van der Waals surface area contributed by atoms with E-state index < -0.39 is 0 Å². The van der Waals surface area contributed by atoms with Gasteiger partial charge in [-0.15, -0.1) is 0 Å². The van der Waals surface area contributed by atoms with E-state index in [1.807, 2.05) is 7.05 Å². The van der Waals surface area contributed by atoms with E-state index in [0.717, 1.165) is 25.3 Å². The lowest BCUT2D eigenvalue weighted by molar-refractivity contribution is -0.141. The molecule has 0 aromatic rings. The van der Waals surface area contributed by atoms with Gasteiger partial charge in [0, 0.05) is 12.6 Å². The monoisotopic (exact) mass is 238 g/mol. The summed E-state index contributed by atoms with van der Waals surface area (Å²) in [6, 6.07) is 0.551. The van der Waals surface area contributed by atoms with Crippen molar-refractivity contribution in [2.75, 3.05) is 13.6 Å². The molecule has 1 aliphatic heterocycles. The van der Waals surface area contributed by atoms with Crippen LogP contribution in [-0.4, -0.2) is 36.5 Å². The van der Waals surface area contributed by atoms with E-state index in [-0.39, 0.29) is 6.04 Å². The normalized spacial score (nSPS) is 39.5. The number of hydrogen-bond acceptors (Lipinski definition) is 2. The fraction of sp³-hybridized carbons (Fsp3) is 0.929. The molecular formula is C14H26N2O. The maximum Gasteiger partial charge on any atom is 0.239 e. The largest absolute Gasteiger partial charge is 0.338 e. The predicted octanol–water partition coefficient (Wildman–Crippen LogP) is 2.02. The first-order valence-corrected chi connectivity index (χ1v) is 7.13. The maximum atomic E-state index is 12.4. The lowest BCUT2D eigenvalue weighted by Crippen LogP contribution is -2.56. The van der Waals surface area contributed by atoms with Gasteiger partial charge in [0.15, 0.2) is 0 Å². The molecule has 1 saturated heterocycles. The van der Waals surface area contributed by atoms with E-state index >= 15 is 0 Å². The summed E-state index contributed by atoms with van der Waals surface area (Å²) < 4.78 is 0. The number of amides is 1. The number of rotatable bonds is 2. The van der Waals surface area contributed by atoms with Crippen LogP contribution >= 0.6 is 0 Å². The number of hydrogen-bond donors (Lipinski definition) is 1. The van der Waals surface area contributed by atoms with Crippen LogP contribution in [0.1, 0.15) is 46.0 Å². The van der Waals surface area contributed by atoms with Crippen molar-refractivity contribution in [3.05, 3.63) is 0 Å². The highest BCUT2D eigenvalue weighted by Crippen LogP contribution is 2.34. The molecule has 1 saturated carbocycles. The number of carbonyl (C=O) groups excluding carboxylic acids is 1. The topological polar surface area (TPSA) is 32.3 Å². The summed E-state index contributed by atoms with van der Waals surface area (Å²) >= 11 is 0. The molecule has 1 aliphatic carbocycles. The second-order valence-electron chi connectivity index (χ2n) is 5.85. The van der Waals surface area contributed by atoms with Gasteiger partial charge in [0.25, 0.3) is 0 Å². The fourth-order valence-electron chi connectivity index (χ4n) is 3.49. The van der Waals surface area contributed by atoms with Gasteiger partial charge in [-0.2, -0.15) is 0 Å². The molecule has 17 heavy (non-hydrogen) atoms. The number of carbonyl (C=O) groups is 1. The average Bonchev–Trinajstić information content (AvgIpc) is 2.33. The molecule has 0 spiro atoms. The Kier molecular flexibility index (Phi) is 4.08. The van der Waals surface area contributed by atoms with Crippen LogP contribution in [0.5, 0.6) is 0 Å². The first-order chi connectivity index (χ1) is 8.15. The molecule has 3 heteroatoms. The zero-order valence-electron chi connectivity index (χ0n) is 11.4. The van der Waals surface area contributed by atoms with Gasteiger partial charge in [0.05, 0.1) is 6.04 Å². The van der Waals surface area contributed by atoms with Crippen LogP contribution in [0.3, 0.4) is 0 Å². The maximum absolute atomic E-state index is 12.4. The number of likely N-dealkylation sites (tertiary alicyclic amines) is 1. The summed E-state index contributed by atoms with van der Waals surface area (Å²) in [7, 11) is 1.90. The molecule has 98 valence electrons. The molecule has 0 bridgehead atoms. The summed E-state index contributed by atoms with van der Waals surface area (Å²) in [5.74, 6) is 1.75. The Morgan fingerprint density at radius 1 is 1.18 bits per heavy atom. The summed E-state index contributed by atoms with van der Waals surface area (Å²) in [4.78, 5) is 14.5. The molecule has 2 fully saturated rings. The minimum atomic E-state index is 0.0631. The second-order valence-corrected chi connectivity index (χ2v) is 5.85. The van der Waals surface area contributed by atoms with Crippen molar-refractivity contribution in [3.8, 4) is 0 Å². The van der Waals surface area contributed by atoms with Crippen molar-refractivity contribution in [3.63, 3.8) is 0 Å². The first kappa shape index (κ1) is 12.9. The number of likely N-dealkylation sites (N-methyl/N-ethyl adjacent to an activating group) is 1. The van der Waals surface area contributed by atoms with E-state index in [1.165, 1.54) is 19.3 Å². The molecule has 2 rings (SSSR count). The van der Waals surface area contributed by atoms with Crippen LogP contribution in [0.2, 0.25) is 0 Å². The Morgan fingerprint density at radius 3 is 2.65 bits per heavy atom. The van der Waals surface area contributed by atoms with Crippen molar-refractivity contribution >= 4 is 5.91 Å². The zero-order chi connectivity index (χ0) is 12.4. The molecule has 1 heterocycles. The van der Waals surface area contributed by atoms with Gasteiger partial charge in [-0.1, -0.05) is 26.7 Å². The van der Waals surface area contributed by atoms with Crippen molar-refractivity contribution in [2.45, 2.75) is 58.0 Å². The third kappa shape index (κ3) is 2.49. The van der Waals surface area contributed by atoms with Crippen molar-refractivity contribution < 1.29 is 4.79 Å². The molecule has 1 amide bonds. The SMILES string of the molecule is CNC1CCCN(C2CCCC(C)C2C)C1=O. The van der Waals surface area contributed by atoms with E-state index in [9.17, 15) is 4.79 Å². The quantitative estimate of drug-likeness (QED) is 0.798. The van der Waals surface area contributed by atoms with Gasteiger partial charge < -0.3 is 10.2 Å². The Hall–Kier alpha value is -0.570. The standard InChI is InChI=1S/C14H26N2O/c1-10-6-4-8-13(11(10)2)16-9-5-7-12(15-3)14(16)17/h10-13,15H,4-9H2,1-3H3.